The van der Waals surface area contributed by atoms with Gasteiger partial charge in [0.2, 0.25) is 0 Å². The Hall–Kier alpha value is -3.83. The summed E-state index contributed by atoms with van der Waals surface area (Å²) >= 11 is 0. The third kappa shape index (κ3) is 6.28. The molecule has 0 aliphatic carbocycles. The lowest BCUT2D eigenvalue weighted by molar-refractivity contribution is -0.0940. The standard InChI is InChI=1S/C31H34N3O8P/c1-19-4-8-21(9-5-19)31(22-10-6-20(2)7-11-22,23-12-14-24(39-3)15-13-23)40-18-25-28(42-43(37)38)27(35)29(41-25)34-17-16-26(32)33-30(34)36/h4-17,25,27-29,35,43H,18H2,1-3H3,(H,37,38)(H2,32,33,36)/t25-,27-,28-,29-/m1/s1. The number of aryl methyl sites for hydroxylation is 2. The van der Waals surface area contributed by atoms with Crippen molar-refractivity contribution in [3.8, 4) is 5.75 Å². The fourth-order valence-electron chi connectivity index (χ4n) is 5.32. The zero-order chi connectivity index (χ0) is 30.7. The van der Waals surface area contributed by atoms with Gasteiger partial charge >= 0.3 is 13.9 Å². The molecule has 0 bridgehead atoms. The summed E-state index contributed by atoms with van der Waals surface area (Å²) in [4.78, 5) is 26.0. The van der Waals surface area contributed by atoms with E-state index in [-0.39, 0.29) is 12.4 Å². The van der Waals surface area contributed by atoms with E-state index in [4.69, 9.17) is 24.5 Å². The van der Waals surface area contributed by atoms with Gasteiger partial charge < -0.3 is 34.5 Å². The van der Waals surface area contributed by atoms with Crippen LogP contribution in [0.15, 0.2) is 89.9 Å². The lowest BCUT2D eigenvalue weighted by Gasteiger charge is -2.37. The number of hydrogen-bond donors (Lipinski definition) is 3. The molecule has 2 heterocycles. The summed E-state index contributed by atoms with van der Waals surface area (Å²) < 4.78 is 36.5. The van der Waals surface area contributed by atoms with E-state index in [1.54, 1.807) is 7.11 Å². The van der Waals surface area contributed by atoms with Crippen LogP contribution in [0.1, 0.15) is 34.0 Å². The highest BCUT2D eigenvalue weighted by atomic mass is 31.1. The Bertz CT molecular complexity index is 1580. The Morgan fingerprint density at radius 1 is 0.953 bits per heavy atom. The molecule has 0 saturated carbocycles. The van der Waals surface area contributed by atoms with Gasteiger partial charge in [-0.05, 0) is 48.7 Å². The number of rotatable bonds is 10. The van der Waals surface area contributed by atoms with Crippen molar-refractivity contribution in [3.05, 3.63) is 123 Å². The van der Waals surface area contributed by atoms with E-state index in [2.05, 4.69) is 4.98 Å². The highest BCUT2D eigenvalue weighted by Crippen LogP contribution is 2.43. The first-order chi connectivity index (χ1) is 20.6. The van der Waals surface area contributed by atoms with E-state index in [1.807, 2.05) is 86.6 Å². The van der Waals surface area contributed by atoms with Crippen molar-refractivity contribution < 1.29 is 33.3 Å². The molecule has 4 aromatic rings. The summed E-state index contributed by atoms with van der Waals surface area (Å²) in [6.07, 6.45) is -3.78. The number of aliphatic hydroxyl groups is 1. The van der Waals surface area contributed by atoms with Crippen LogP contribution in [0.4, 0.5) is 5.82 Å². The van der Waals surface area contributed by atoms with Crippen LogP contribution in [0, 0.1) is 13.8 Å². The number of hydrogen-bond acceptors (Lipinski definition) is 9. The minimum atomic E-state index is -3.51. The number of nitrogens with two attached hydrogens (primary N) is 1. The number of nitrogen functional groups attached to an aromatic ring is 1. The monoisotopic (exact) mass is 607 g/mol. The molecule has 1 saturated heterocycles. The van der Waals surface area contributed by atoms with E-state index in [0.29, 0.717) is 5.75 Å². The Morgan fingerprint density at radius 3 is 1.98 bits per heavy atom. The van der Waals surface area contributed by atoms with E-state index in [9.17, 15) is 19.4 Å². The Kier molecular flexibility index (Phi) is 9.12. The summed E-state index contributed by atoms with van der Waals surface area (Å²) in [6, 6.07) is 24.7. The number of anilines is 1. The van der Waals surface area contributed by atoms with Gasteiger partial charge in [0.1, 0.15) is 35.5 Å². The normalized spacial score (nSPS) is 21.0. The SMILES string of the molecule is COc1ccc(C(OC[C@H]2O[C@@H](n3ccc(N)nc3=O)[C@H](O)[C@@H]2O[PH](=O)O)(c2ccc(C)cc2)c2ccc(C)cc2)cc1. The largest absolute Gasteiger partial charge is 0.497 e. The summed E-state index contributed by atoms with van der Waals surface area (Å²) in [5.74, 6) is 0.668. The van der Waals surface area contributed by atoms with Gasteiger partial charge in [-0.25, -0.2) is 4.79 Å². The zero-order valence-corrected chi connectivity index (χ0v) is 24.9. The van der Waals surface area contributed by atoms with E-state index < -0.39 is 44.1 Å². The average molecular weight is 608 g/mol. The van der Waals surface area contributed by atoms with Gasteiger partial charge in [-0.2, -0.15) is 4.98 Å². The molecule has 1 aliphatic rings. The van der Waals surface area contributed by atoms with Crippen LogP contribution in [-0.2, 0) is 24.2 Å². The maximum absolute atomic E-state index is 12.6. The average Bonchev–Trinajstić information content (AvgIpc) is 3.29. The number of benzene rings is 3. The summed E-state index contributed by atoms with van der Waals surface area (Å²) in [5, 5.41) is 11.1. The van der Waals surface area contributed by atoms with E-state index in [0.717, 1.165) is 32.4 Å². The Labute approximate surface area is 249 Å². The van der Waals surface area contributed by atoms with Crippen molar-refractivity contribution in [3.63, 3.8) is 0 Å². The molecule has 43 heavy (non-hydrogen) atoms. The van der Waals surface area contributed by atoms with Crippen molar-refractivity contribution in [2.24, 2.45) is 0 Å². The first kappa shape index (κ1) is 30.6. The van der Waals surface area contributed by atoms with E-state index >= 15 is 0 Å². The molecule has 5 rings (SSSR count). The number of aromatic nitrogens is 2. The summed E-state index contributed by atoms with van der Waals surface area (Å²) in [6.45, 7) is 3.79. The topological polar surface area (TPSA) is 155 Å². The number of methoxy groups -OCH3 is 1. The molecule has 4 N–H and O–H groups in total. The van der Waals surface area contributed by atoms with Crippen LogP contribution in [0.3, 0.4) is 0 Å². The fraction of sp³-hybridized carbons (Fsp3) is 0.290. The van der Waals surface area contributed by atoms with Gasteiger partial charge in [0, 0.05) is 6.20 Å². The van der Waals surface area contributed by atoms with Crippen molar-refractivity contribution in [2.45, 2.75) is 44.0 Å². The molecule has 11 nitrogen and oxygen atoms in total. The lowest BCUT2D eigenvalue weighted by Crippen LogP contribution is -2.40. The molecular formula is C31H34N3O8P. The van der Waals surface area contributed by atoms with Gasteiger partial charge in [0.15, 0.2) is 6.23 Å². The zero-order valence-electron chi connectivity index (χ0n) is 23.9. The van der Waals surface area contributed by atoms with Crippen LogP contribution in [-0.4, -0.2) is 51.6 Å². The molecular weight excluding hydrogens is 573 g/mol. The van der Waals surface area contributed by atoms with Crippen LogP contribution in [0.5, 0.6) is 5.75 Å². The number of ether oxygens (including phenoxy) is 3. The smallest absolute Gasteiger partial charge is 0.351 e. The molecule has 1 aromatic heterocycles. The Morgan fingerprint density at radius 2 is 1.49 bits per heavy atom. The minimum Gasteiger partial charge on any atom is -0.497 e. The van der Waals surface area contributed by atoms with E-state index in [1.165, 1.54) is 12.3 Å². The second-order valence-electron chi connectivity index (χ2n) is 10.4. The molecule has 1 fully saturated rings. The highest BCUT2D eigenvalue weighted by Gasteiger charge is 2.48. The third-order valence-electron chi connectivity index (χ3n) is 7.55. The number of aliphatic hydroxyl groups excluding tert-OH is 1. The van der Waals surface area contributed by atoms with Crippen LogP contribution >= 0.6 is 8.25 Å². The van der Waals surface area contributed by atoms with Crippen molar-refractivity contribution in [2.75, 3.05) is 19.5 Å². The predicted octanol–water partition coefficient (Wildman–Crippen LogP) is 3.49. The highest BCUT2D eigenvalue weighted by molar-refractivity contribution is 7.32. The first-order valence-corrected chi connectivity index (χ1v) is 14.9. The van der Waals surface area contributed by atoms with Gasteiger partial charge in [-0.1, -0.05) is 71.8 Å². The minimum absolute atomic E-state index is 0.00213. The van der Waals surface area contributed by atoms with Crippen LogP contribution in [0.25, 0.3) is 0 Å². The molecule has 226 valence electrons. The second-order valence-corrected chi connectivity index (χ2v) is 11.2. The number of nitrogens with zero attached hydrogens (tertiary/aromatic N) is 2. The van der Waals surface area contributed by atoms with Gasteiger partial charge in [0.05, 0.1) is 13.7 Å². The van der Waals surface area contributed by atoms with Crippen LogP contribution in [0.2, 0.25) is 0 Å². The van der Waals surface area contributed by atoms with Crippen molar-refractivity contribution in [1.82, 2.24) is 9.55 Å². The second kappa shape index (κ2) is 12.8. The maximum atomic E-state index is 12.6. The molecule has 1 unspecified atom stereocenters. The fourth-order valence-corrected chi connectivity index (χ4v) is 5.85. The molecule has 0 amide bonds. The van der Waals surface area contributed by atoms with Gasteiger partial charge in [-0.15, -0.1) is 0 Å². The quantitative estimate of drug-likeness (QED) is 0.180. The summed E-state index contributed by atoms with van der Waals surface area (Å²) in [7, 11) is -1.92. The predicted molar refractivity (Wildman–Crippen MR) is 160 cm³/mol. The van der Waals surface area contributed by atoms with Crippen molar-refractivity contribution >= 4 is 14.1 Å². The van der Waals surface area contributed by atoms with Gasteiger partial charge in [-0.3, -0.25) is 9.13 Å². The molecule has 1 aliphatic heterocycles. The third-order valence-corrected chi connectivity index (χ3v) is 8.02. The molecule has 0 radical (unpaired) electrons. The van der Waals surface area contributed by atoms with Gasteiger partial charge in [0.25, 0.3) is 0 Å². The van der Waals surface area contributed by atoms with Crippen LogP contribution < -0.4 is 16.2 Å². The Balaban J connectivity index is 1.60. The summed E-state index contributed by atoms with van der Waals surface area (Å²) in [5.41, 5.74) is 8.22. The maximum Gasteiger partial charge on any atom is 0.351 e. The molecule has 0 spiro atoms. The molecule has 5 atom stereocenters. The molecule has 3 aromatic carbocycles. The first-order valence-electron chi connectivity index (χ1n) is 13.6. The molecule has 12 heteroatoms. The lowest BCUT2D eigenvalue weighted by atomic mass is 9.79. The van der Waals surface area contributed by atoms with Crippen molar-refractivity contribution in [1.29, 1.82) is 0 Å².